The predicted octanol–water partition coefficient (Wildman–Crippen LogP) is 4.21. The van der Waals surface area contributed by atoms with Crippen molar-refractivity contribution in [1.29, 1.82) is 0 Å². The predicted molar refractivity (Wildman–Crippen MR) is 71.7 cm³/mol. The van der Waals surface area contributed by atoms with Gasteiger partial charge in [0.25, 0.3) is 0 Å². The minimum atomic E-state index is -0.504. The summed E-state index contributed by atoms with van der Waals surface area (Å²) in [5, 5.41) is 9.98. The summed E-state index contributed by atoms with van der Waals surface area (Å²) in [5.74, 6) is 0.681. The lowest BCUT2D eigenvalue weighted by molar-refractivity contribution is 0.199. The van der Waals surface area contributed by atoms with Crippen LogP contribution in [0.25, 0.3) is 0 Å². The molecule has 0 fully saturated rings. The smallest absolute Gasteiger partial charge is 0.137 e. The molecule has 0 heterocycles. The molecular weight excluding hydrogens is 236 g/mol. The van der Waals surface area contributed by atoms with Crippen LogP contribution in [0.15, 0.2) is 18.2 Å². The van der Waals surface area contributed by atoms with Crippen LogP contribution in [0.2, 0.25) is 5.02 Å². The lowest BCUT2D eigenvalue weighted by atomic mass is 9.93. The van der Waals surface area contributed by atoms with Gasteiger partial charge in [0, 0.05) is 0 Å². The standard InChI is InChI=1S/C14H21ClO2/c1-10(16)11-5-6-13(12(15)9-11)17-8-7-14(2,3)4/h5-6,9-10,16H,7-8H2,1-4H3/t10-/m0/s1. The van der Waals surface area contributed by atoms with Crippen LogP contribution in [0.1, 0.15) is 45.8 Å². The average molecular weight is 257 g/mol. The highest BCUT2D eigenvalue weighted by molar-refractivity contribution is 6.32. The van der Waals surface area contributed by atoms with Crippen molar-refractivity contribution in [3.63, 3.8) is 0 Å². The first-order valence-electron chi connectivity index (χ1n) is 5.90. The van der Waals surface area contributed by atoms with Crippen molar-refractivity contribution in [2.24, 2.45) is 5.41 Å². The quantitative estimate of drug-likeness (QED) is 0.875. The summed E-state index contributed by atoms with van der Waals surface area (Å²) >= 11 is 6.09. The first kappa shape index (κ1) is 14.3. The molecule has 0 aliphatic carbocycles. The molecule has 1 atom stereocenters. The molecule has 0 aromatic heterocycles. The Kier molecular flexibility index (Phi) is 4.84. The highest BCUT2D eigenvalue weighted by atomic mass is 35.5. The number of hydrogen-bond donors (Lipinski definition) is 1. The first-order chi connectivity index (χ1) is 7.79. The fourth-order valence-corrected chi connectivity index (χ4v) is 1.60. The number of aliphatic hydroxyl groups excluding tert-OH is 1. The number of ether oxygens (including phenoxy) is 1. The van der Waals surface area contributed by atoms with Gasteiger partial charge in [0.1, 0.15) is 5.75 Å². The van der Waals surface area contributed by atoms with E-state index in [-0.39, 0.29) is 5.41 Å². The third-order valence-electron chi connectivity index (χ3n) is 2.55. The molecule has 1 aromatic carbocycles. The fraction of sp³-hybridized carbons (Fsp3) is 0.571. The SMILES string of the molecule is C[C@H](O)c1ccc(OCCC(C)(C)C)c(Cl)c1. The van der Waals surface area contributed by atoms with Crippen LogP contribution in [0.5, 0.6) is 5.75 Å². The van der Waals surface area contributed by atoms with Gasteiger partial charge in [-0.05, 0) is 36.5 Å². The maximum atomic E-state index is 9.42. The first-order valence-corrected chi connectivity index (χ1v) is 6.28. The molecule has 17 heavy (non-hydrogen) atoms. The molecule has 0 amide bonds. The van der Waals surface area contributed by atoms with Crippen molar-refractivity contribution in [2.45, 2.75) is 40.2 Å². The van der Waals surface area contributed by atoms with Crippen LogP contribution in [0.3, 0.4) is 0 Å². The Labute approximate surface area is 109 Å². The van der Waals surface area contributed by atoms with E-state index >= 15 is 0 Å². The topological polar surface area (TPSA) is 29.5 Å². The maximum Gasteiger partial charge on any atom is 0.137 e. The van der Waals surface area contributed by atoms with E-state index in [1.165, 1.54) is 0 Å². The van der Waals surface area contributed by atoms with E-state index in [2.05, 4.69) is 20.8 Å². The Balaban J connectivity index is 2.61. The van der Waals surface area contributed by atoms with Crippen LogP contribution in [0.4, 0.5) is 0 Å². The number of rotatable bonds is 4. The van der Waals surface area contributed by atoms with E-state index in [9.17, 15) is 5.11 Å². The molecule has 0 saturated heterocycles. The molecule has 0 unspecified atom stereocenters. The van der Waals surface area contributed by atoms with Crippen LogP contribution in [-0.4, -0.2) is 11.7 Å². The van der Waals surface area contributed by atoms with Gasteiger partial charge in [0.15, 0.2) is 0 Å². The average Bonchev–Trinajstić information content (AvgIpc) is 2.18. The molecule has 0 spiro atoms. The molecule has 0 saturated carbocycles. The summed E-state index contributed by atoms with van der Waals surface area (Å²) in [6.07, 6.45) is 0.470. The Morgan fingerprint density at radius 3 is 2.47 bits per heavy atom. The molecule has 1 aromatic rings. The fourth-order valence-electron chi connectivity index (χ4n) is 1.36. The zero-order valence-corrected chi connectivity index (χ0v) is 11.7. The van der Waals surface area contributed by atoms with Crippen LogP contribution in [0, 0.1) is 5.41 Å². The Morgan fingerprint density at radius 1 is 1.35 bits per heavy atom. The van der Waals surface area contributed by atoms with Gasteiger partial charge in [-0.15, -0.1) is 0 Å². The second-order valence-corrected chi connectivity index (χ2v) is 5.93. The zero-order valence-electron chi connectivity index (χ0n) is 11.0. The Hall–Kier alpha value is -0.730. The number of hydrogen-bond acceptors (Lipinski definition) is 2. The minimum Gasteiger partial charge on any atom is -0.492 e. The molecule has 0 aliphatic rings. The third kappa shape index (κ3) is 4.97. The van der Waals surface area contributed by atoms with Gasteiger partial charge in [-0.1, -0.05) is 38.4 Å². The van der Waals surface area contributed by atoms with E-state index in [4.69, 9.17) is 16.3 Å². The highest BCUT2D eigenvalue weighted by Crippen LogP contribution is 2.28. The molecule has 1 N–H and O–H groups in total. The van der Waals surface area contributed by atoms with Crippen molar-refractivity contribution in [2.75, 3.05) is 6.61 Å². The lowest BCUT2D eigenvalue weighted by Crippen LogP contribution is -2.11. The summed E-state index contributed by atoms with van der Waals surface area (Å²) in [5.41, 5.74) is 1.06. The van der Waals surface area contributed by atoms with Crippen molar-refractivity contribution >= 4 is 11.6 Å². The summed E-state index contributed by atoms with van der Waals surface area (Å²) < 4.78 is 5.63. The van der Waals surface area contributed by atoms with Crippen LogP contribution >= 0.6 is 11.6 Å². The highest BCUT2D eigenvalue weighted by Gasteiger charge is 2.11. The summed E-state index contributed by atoms with van der Waals surface area (Å²) in [6.45, 7) is 8.89. The molecule has 1 rings (SSSR count). The normalized spacial score (nSPS) is 13.5. The number of halogens is 1. The largest absolute Gasteiger partial charge is 0.492 e. The second kappa shape index (κ2) is 5.74. The van der Waals surface area contributed by atoms with Crippen molar-refractivity contribution < 1.29 is 9.84 Å². The monoisotopic (exact) mass is 256 g/mol. The molecule has 0 radical (unpaired) electrons. The second-order valence-electron chi connectivity index (χ2n) is 5.52. The van der Waals surface area contributed by atoms with Gasteiger partial charge < -0.3 is 9.84 Å². The molecular formula is C14H21ClO2. The summed E-state index contributed by atoms with van der Waals surface area (Å²) in [7, 11) is 0. The zero-order chi connectivity index (χ0) is 13.1. The third-order valence-corrected chi connectivity index (χ3v) is 2.84. The van der Waals surface area contributed by atoms with Crippen molar-refractivity contribution in [3.8, 4) is 5.75 Å². The summed E-state index contributed by atoms with van der Waals surface area (Å²) in [4.78, 5) is 0. The van der Waals surface area contributed by atoms with E-state index in [1.54, 1.807) is 13.0 Å². The van der Waals surface area contributed by atoms with Gasteiger partial charge in [-0.3, -0.25) is 0 Å². The van der Waals surface area contributed by atoms with Crippen molar-refractivity contribution in [3.05, 3.63) is 28.8 Å². The molecule has 96 valence electrons. The van der Waals surface area contributed by atoms with Crippen molar-refractivity contribution in [1.82, 2.24) is 0 Å². The van der Waals surface area contributed by atoms with E-state index in [0.717, 1.165) is 12.0 Å². The number of benzene rings is 1. The van der Waals surface area contributed by atoms with Crippen LogP contribution in [-0.2, 0) is 0 Å². The van der Waals surface area contributed by atoms with E-state index in [0.29, 0.717) is 17.4 Å². The Morgan fingerprint density at radius 2 is 2.00 bits per heavy atom. The summed E-state index contributed by atoms with van der Waals surface area (Å²) in [6, 6.07) is 5.40. The lowest BCUT2D eigenvalue weighted by Gasteiger charge is -2.18. The van der Waals surface area contributed by atoms with Gasteiger partial charge >= 0.3 is 0 Å². The molecule has 2 nitrogen and oxygen atoms in total. The number of aliphatic hydroxyl groups is 1. The molecule has 0 aliphatic heterocycles. The van der Waals surface area contributed by atoms with E-state index < -0.39 is 6.10 Å². The van der Waals surface area contributed by atoms with Gasteiger partial charge in [-0.25, -0.2) is 0 Å². The Bertz CT molecular complexity index is 367. The van der Waals surface area contributed by atoms with Crippen LogP contribution < -0.4 is 4.74 Å². The van der Waals surface area contributed by atoms with Gasteiger partial charge in [0.05, 0.1) is 17.7 Å². The minimum absolute atomic E-state index is 0.256. The van der Waals surface area contributed by atoms with Gasteiger partial charge in [-0.2, -0.15) is 0 Å². The maximum absolute atomic E-state index is 9.42. The van der Waals surface area contributed by atoms with Gasteiger partial charge in [0.2, 0.25) is 0 Å². The molecule has 0 bridgehead atoms. The molecule has 3 heteroatoms. The van der Waals surface area contributed by atoms with E-state index in [1.807, 2.05) is 12.1 Å².